The summed E-state index contributed by atoms with van der Waals surface area (Å²) in [5.74, 6) is 0.930. The molecule has 0 atom stereocenters. The number of hydrogen-bond donors (Lipinski definition) is 1. The lowest BCUT2D eigenvalue weighted by atomic mass is 9.98. The lowest BCUT2D eigenvalue weighted by molar-refractivity contribution is 0.0228. The van der Waals surface area contributed by atoms with Crippen molar-refractivity contribution in [2.75, 3.05) is 64.9 Å². The third-order valence-corrected chi connectivity index (χ3v) is 15.1. The number of carbonyl (C=O) groups is 2. The summed E-state index contributed by atoms with van der Waals surface area (Å²) in [6.07, 6.45) is 1.09. The second-order valence-corrected chi connectivity index (χ2v) is 21.7. The minimum Gasteiger partial charge on any atom is -0.493 e. The highest BCUT2D eigenvalue weighted by Crippen LogP contribution is 2.39. The fraction of sp³-hybridized carbons (Fsp3) is 0.386. The Kier molecular flexibility index (Phi) is 17.0. The van der Waals surface area contributed by atoms with Gasteiger partial charge in [0.2, 0.25) is 0 Å². The molecule has 0 spiro atoms. The van der Waals surface area contributed by atoms with E-state index in [4.69, 9.17) is 24.0 Å². The van der Waals surface area contributed by atoms with Crippen LogP contribution in [0.5, 0.6) is 11.5 Å². The molecule has 392 valence electrons. The second kappa shape index (κ2) is 23.5. The van der Waals surface area contributed by atoms with Crippen molar-refractivity contribution >= 4 is 49.6 Å². The number of aromatic nitrogens is 3. The van der Waals surface area contributed by atoms with Crippen LogP contribution >= 0.6 is 0 Å². The van der Waals surface area contributed by atoms with Crippen LogP contribution in [0.1, 0.15) is 73.5 Å². The summed E-state index contributed by atoms with van der Waals surface area (Å²) in [7, 11) is 1.39. The molecule has 1 aliphatic heterocycles. The minimum atomic E-state index is -3.49. The Bertz CT molecular complexity index is 3150. The van der Waals surface area contributed by atoms with Crippen LogP contribution in [0.15, 0.2) is 115 Å². The number of carbonyl (C=O) groups excluding carboxylic acids is 2. The molecule has 5 aromatic carbocycles. The average Bonchev–Trinajstić information content (AvgIpc) is 3.90. The fourth-order valence-electron chi connectivity index (χ4n) is 9.65. The Labute approximate surface area is 434 Å². The van der Waals surface area contributed by atoms with Crippen LogP contribution in [0.4, 0.5) is 10.5 Å². The quantitative estimate of drug-likeness (QED) is 0.0540. The zero-order valence-electron chi connectivity index (χ0n) is 43.6. The van der Waals surface area contributed by atoms with Crippen molar-refractivity contribution in [1.82, 2.24) is 27.9 Å². The molecule has 17 heteroatoms. The van der Waals surface area contributed by atoms with Crippen molar-refractivity contribution in [3.63, 3.8) is 0 Å². The van der Waals surface area contributed by atoms with Gasteiger partial charge in [-0.2, -0.15) is 22.1 Å². The molecule has 0 saturated carbocycles. The fourth-order valence-corrected chi connectivity index (χ4v) is 10.7. The Morgan fingerprint density at radius 1 is 0.811 bits per heavy atom. The van der Waals surface area contributed by atoms with E-state index in [1.54, 1.807) is 37.6 Å². The van der Waals surface area contributed by atoms with Gasteiger partial charge in [0.15, 0.2) is 0 Å². The van der Waals surface area contributed by atoms with Crippen LogP contribution < -0.4 is 14.4 Å². The van der Waals surface area contributed by atoms with Crippen molar-refractivity contribution in [2.45, 2.75) is 78.9 Å². The van der Waals surface area contributed by atoms with E-state index < -0.39 is 27.9 Å². The van der Waals surface area contributed by atoms with Gasteiger partial charge in [0.05, 0.1) is 31.0 Å². The van der Waals surface area contributed by atoms with Gasteiger partial charge in [-0.25, -0.2) is 9.59 Å². The van der Waals surface area contributed by atoms with E-state index in [-0.39, 0.29) is 19.8 Å². The normalized spacial score (nSPS) is 13.4. The maximum atomic E-state index is 14.5. The van der Waals surface area contributed by atoms with Crippen LogP contribution in [0.3, 0.4) is 0 Å². The molecule has 1 saturated heterocycles. The van der Waals surface area contributed by atoms with E-state index >= 15 is 0 Å². The standard InChI is InChI=1S/C57H69N7O9S/c1-8-70-55(66)54-47(25-16-37-71-51-26-14-21-42-20-12-13-22-45(42)51)46-23-15-24-48(53(46)64(54)32-17-31-62(56(67)73-57(2,3)4)38-41-18-10-9-11-19-41)52-49(58-60(7)50(52)39-65)40-72-44-29-27-43(28-30-44)61-33-35-63(36-34-61)74(68,69)59(5)6/h9-15,18-24,26-30,65H,8,16-17,25,31-40H2,1-7H3. The second-order valence-electron chi connectivity index (χ2n) is 19.6. The smallest absolute Gasteiger partial charge is 0.410 e. The molecule has 1 amide bonds. The van der Waals surface area contributed by atoms with Crippen molar-refractivity contribution in [2.24, 2.45) is 7.05 Å². The summed E-state index contributed by atoms with van der Waals surface area (Å²) in [4.78, 5) is 32.2. The number of hydrogen-bond acceptors (Lipinski definition) is 11. The molecule has 0 radical (unpaired) electrons. The molecular weight excluding hydrogens is 959 g/mol. The predicted molar refractivity (Wildman–Crippen MR) is 289 cm³/mol. The van der Waals surface area contributed by atoms with Crippen LogP contribution in [-0.4, -0.2) is 119 Å². The summed E-state index contributed by atoms with van der Waals surface area (Å²) < 4.78 is 56.5. The largest absolute Gasteiger partial charge is 0.493 e. The molecule has 1 N–H and O–H groups in total. The topological polar surface area (TPSA) is 161 Å². The summed E-state index contributed by atoms with van der Waals surface area (Å²) in [6.45, 7) is 10.5. The molecule has 0 aliphatic carbocycles. The molecule has 0 unspecified atom stereocenters. The average molecular weight is 1030 g/mol. The van der Waals surface area contributed by atoms with Crippen LogP contribution in [0.2, 0.25) is 0 Å². The van der Waals surface area contributed by atoms with Crippen LogP contribution in [0, 0.1) is 0 Å². The number of rotatable bonds is 21. The Morgan fingerprint density at radius 3 is 2.20 bits per heavy atom. The van der Waals surface area contributed by atoms with Crippen LogP contribution in [-0.2, 0) is 59.5 Å². The van der Waals surface area contributed by atoms with E-state index in [2.05, 4.69) is 17.0 Å². The third kappa shape index (κ3) is 12.2. The van der Waals surface area contributed by atoms with E-state index in [0.717, 1.165) is 49.8 Å². The lowest BCUT2D eigenvalue weighted by Gasteiger charge is -2.36. The van der Waals surface area contributed by atoms with Crippen molar-refractivity contribution in [1.29, 1.82) is 0 Å². The number of anilines is 1. The molecule has 16 nitrogen and oxygen atoms in total. The Hall–Kier alpha value is -6.92. The number of aliphatic hydroxyl groups excluding tert-OH is 1. The molecule has 0 bridgehead atoms. The highest BCUT2D eigenvalue weighted by atomic mass is 32.2. The molecule has 3 heterocycles. The number of aliphatic hydroxyl groups is 1. The van der Waals surface area contributed by atoms with Gasteiger partial charge in [0.25, 0.3) is 10.2 Å². The number of fused-ring (bicyclic) bond motifs is 2. The summed E-state index contributed by atoms with van der Waals surface area (Å²) in [5.41, 5.74) is 5.77. The van der Waals surface area contributed by atoms with Gasteiger partial charge < -0.3 is 38.4 Å². The highest BCUT2D eigenvalue weighted by molar-refractivity contribution is 7.86. The third-order valence-electron chi connectivity index (χ3n) is 13.2. The SMILES string of the molecule is CCOC(=O)c1c(CCCOc2cccc3ccccc23)c2cccc(-c3c(COc4ccc(N5CCN(S(=O)(=O)N(C)C)CC5)cc4)nn(C)c3CO)c2n1CCCN(Cc1ccccc1)C(=O)OC(C)(C)C. The molecule has 7 aromatic rings. The van der Waals surface area contributed by atoms with Gasteiger partial charge in [0, 0.05) is 94.5 Å². The van der Waals surface area contributed by atoms with E-state index in [0.29, 0.717) is 100 Å². The number of para-hydroxylation sites is 1. The summed E-state index contributed by atoms with van der Waals surface area (Å²) >= 11 is 0. The first-order chi connectivity index (χ1) is 35.6. The molecule has 2 aromatic heterocycles. The Morgan fingerprint density at radius 2 is 1.50 bits per heavy atom. The van der Waals surface area contributed by atoms with Gasteiger partial charge >= 0.3 is 12.1 Å². The maximum absolute atomic E-state index is 14.5. The number of amides is 1. The van der Waals surface area contributed by atoms with Gasteiger partial charge in [-0.3, -0.25) is 4.68 Å². The molecule has 1 fully saturated rings. The lowest BCUT2D eigenvalue weighted by Crippen LogP contribution is -2.51. The molecule has 8 rings (SSSR count). The number of aryl methyl sites for hydroxylation is 3. The van der Waals surface area contributed by atoms with Gasteiger partial charge in [-0.1, -0.05) is 84.9 Å². The number of piperazine rings is 1. The number of esters is 1. The van der Waals surface area contributed by atoms with Crippen LogP contribution in [0.25, 0.3) is 32.8 Å². The monoisotopic (exact) mass is 1030 g/mol. The van der Waals surface area contributed by atoms with E-state index in [1.165, 1.54) is 8.61 Å². The highest BCUT2D eigenvalue weighted by Gasteiger charge is 2.31. The minimum absolute atomic E-state index is 0.0636. The molecule has 74 heavy (non-hydrogen) atoms. The first kappa shape index (κ1) is 53.4. The maximum Gasteiger partial charge on any atom is 0.410 e. The molecular formula is C57H69N7O9S. The van der Waals surface area contributed by atoms with Crippen molar-refractivity contribution in [3.8, 4) is 22.6 Å². The summed E-state index contributed by atoms with van der Waals surface area (Å²) in [6, 6.07) is 37.6. The van der Waals surface area contributed by atoms with Gasteiger partial charge in [0.1, 0.15) is 35.1 Å². The number of benzene rings is 5. The van der Waals surface area contributed by atoms with Crippen molar-refractivity contribution in [3.05, 3.63) is 143 Å². The van der Waals surface area contributed by atoms with Gasteiger partial charge in [-0.05, 0) is 93.8 Å². The van der Waals surface area contributed by atoms with E-state index in [1.807, 2.05) is 128 Å². The number of ether oxygens (including phenoxy) is 4. The Balaban J connectivity index is 1.13. The zero-order chi connectivity index (χ0) is 52.6. The first-order valence-corrected chi connectivity index (χ1v) is 26.7. The van der Waals surface area contributed by atoms with Crippen molar-refractivity contribution < 1.29 is 42.1 Å². The van der Waals surface area contributed by atoms with E-state index in [9.17, 15) is 23.1 Å². The first-order valence-electron chi connectivity index (χ1n) is 25.3. The van der Waals surface area contributed by atoms with Gasteiger partial charge in [-0.15, -0.1) is 0 Å². The number of nitrogens with zero attached hydrogens (tertiary/aromatic N) is 7. The summed E-state index contributed by atoms with van der Waals surface area (Å²) in [5, 5.41) is 18.9. The zero-order valence-corrected chi connectivity index (χ0v) is 44.4. The molecule has 1 aliphatic rings. The predicted octanol–water partition coefficient (Wildman–Crippen LogP) is 9.21.